The molecule has 1 aliphatic carbocycles. The van der Waals surface area contributed by atoms with Gasteiger partial charge in [0.05, 0.1) is 30.0 Å². The number of amides is 1. The molecule has 3 aromatic rings. The summed E-state index contributed by atoms with van der Waals surface area (Å²) in [7, 11) is 1.35. The quantitative estimate of drug-likeness (QED) is 0.340. The predicted molar refractivity (Wildman–Crippen MR) is 126 cm³/mol. The molecule has 2 aliphatic rings. The van der Waals surface area contributed by atoms with Gasteiger partial charge in [-0.1, -0.05) is 35.9 Å². The lowest BCUT2D eigenvalue weighted by molar-refractivity contribution is -0.110. The van der Waals surface area contributed by atoms with Crippen LogP contribution in [-0.4, -0.2) is 29.8 Å². The van der Waals surface area contributed by atoms with Crippen LogP contribution >= 0.6 is 11.6 Å². The number of halogens is 2. The van der Waals surface area contributed by atoms with Crippen LogP contribution < -0.4 is 10.1 Å². The highest BCUT2D eigenvalue weighted by atomic mass is 35.5. The van der Waals surface area contributed by atoms with Crippen LogP contribution in [0.4, 0.5) is 10.1 Å². The van der Waals surface area contributed by atoms with E-state index in [-0.39, 0.29) is 34.7 Å². The first-order valence-corrected chi connectivity index (χ1v) is 10.9. The van der Waals surface area contributed by atoms with Crippen molar-refractivity contribution in [2.24, 2.45) is 0 Å². The summed E-state index contributed by atoms with van der Waals surface area (Å²) < 4.78 is 19.1. The number of carbonyl (C=O) groups is 1. The molecule has 1 saturated carbocycles. The van der Waals surface area contributed by atoms with Crippen LogP contribution in [0.5, 0.6) is 5.75 Å². The maximum atomic E-state index is 14.2. The van der Waals surface area contributed by atoms with Gasteiger partial charge in [-0.25, -0.2) is 4.39 Å². The first-order valence-electron chi connectivity index (χ1n) is 10.5. The summed E-state index contributed by atoms with van der Waals surface area (Å²) in [5.74, 6) is -1.44. The summed E-state index contributed by atoms with van der Waals surface area (Å²) in [4.78, 5) is 12.7. The molecule has 5 rings (SSSR count). The Kier molecular flexibility index (Phi) is 5.15. The molecule has 1 fully saturated rings. The third-order valence-corrected chi connectivity index (χ3v) is 6.79. The maximum absolute atomic E-state index is 14.2. The molecule has 168 valence electrons. The molecular weight excluding hydrogens is 445 g/mol. The molecule has 5 nitrogen and oxygen atoms in total. The van der Waals surface area contributed by atoms with Gasteiger partial charge in [-0.3, -0.25) is 4.79 Å². The van der Waals surface area contributed by atoms with Gasteiger partial charge in [0, 0.05) is 22.1 Å². The minimum absolute atomic E-state index is 0.0412. The minimum atomic E-state index is -0.644. The average Bonchev–Trinajstić information content (AvgIpc) is 3.55. The zero-order chi connectivity index (χ0) is 23.3. The molecule has 1 heterocycles. The Morgan fingerprint density at radius 1 is 1.12 bits per heavy atom. The van der Waals surface area contributed by atoms with Crippen molar-refractivity contribution in [1.29, 1.82) is 0 Å². The number of aliphatic hydroxyl groups is 2. The third kappa shape index (κ3) is 3.56. The largest absolute Gasteiger partial charge is 0.506 e. The van der Waals surface area contributed by atoms with Crippen molar-refractivity contribution in [3.8, 4) is 16.9 Å². The van der Waals surface area contributed by atoms with E-state index in [4.69, 9.17) is 16.3 Å². The van der Waals surface area contributed by atoms with E-state index in [0.717, 1.165) is 30.0 Å². The number of rotatable bonds is 5. The molecule has 7 heteroatoms. The van der Waals surface area contributed by atoms with E-state index in [1.165, 1.54) is 19.2 Å². The number of benzene rings is 3. The molecule has 0 spiro atoms. The van der Waals surface area contributed by atoms with Crippen LogP contribution in [0.1, 0.15) is 29.5 Å². The number of methoxy groups -OCH3 is 1. The standard InChI is InChI=1S/C26H21ClFNO4/c1-33-22-7-4-15(10-20(22)28)24(31)23-18-11-17(19(27)12-21(18)29-25(23)32)14-2-5-16(6-3-14)26(13-30)8-9-26/h2-7,10-12,30-31H,8-9,13H2,1H3,(H,29,32). The number of ether oxygens (including phenoxy) is 1. The Labute approximate surface area is 195 Å². The number of hydrogen-bond acceptors (Lipinski definition) is 4. The van der Waals surface area contributed by atoms with Crippen LogP contribution in [0.25, 0.3) is 22.5 Å². The second-order valence-corrected chi connectivity index (χ2v) is 8.83. The number of aliphatic hydroxyl groups excluding tert-OH is 2. The highest BCUT2D eigenvalue weighted by molar-refractivity contribution is 6.38. The Morgan fingerprint density at radius 2 is 1.85 bits per heavy atom. The number of carbonyl (C=O) groups excluding carboxylic acids is 1. The molecule has 0 bridgehead atoms. The fourth-order valence-corrected chi connectivity index (χ4v) is 4.57. The van der Waals surface area contributed by atoms with Crippen LogP contribution in [0.2, 0.25) is 5.02 Å². The second kappa shape index (κ2) is 7.90. The van der Waals surface area contributed by atoms with Gasteiger partial charge in [0.1, 0.15) is 5.76 Å². The van der Waals surface area contributed by atoms with Gasteiger partial charge < -0.3 is 20.3 Å². The van der Waals surface area contributed by atoms with Crippen molar-refractivity contribution >= 4 is 34.5 Å². The summed E-state index contributed by atoms with van der Waals surface area (Å²) in [5.41, 5.74) is 3.64. The number of anilines is 1. The number of fused-ring (bicyclic) bond motifs is 1. The fraction of sp³-hybridized carbons (Fsp3) is 0.192. The summed E-state index contributed by atoms with van der Waals surface area (Å²) >= 11 is 6.52. The van der Waals surface area contributed by atoms with Crippen LogP contribution in [0.15, 0.2) is 54.6 Å². The molecule has 0 unspecified atom stereocenters. The average molecular weight is 466 g/mol. The smallest absolute Gasteiger partial charge is 0.260 e. The first kappa shape index (κ1) is 21.5. The van der Waals surface area contributed by atoms with Crippen molar-refractivity contribution in [2.75, 3.05) is 19.0 Å². The van der Waals surface area contributed by atoms with E-state index in [9.17, 15) is 19.4 Å². The van der Waals surface area contributed by atoms with Gasteiger partial charge in [0.2, 0.25) is 0 Å². The van der Waals surface area contributed by atoms with Gasteiger partial charge in [0.25, 0.3) is 5.91 Å². The summed E-state index contributed by atoms with van der Waals surface area (Å²) in [6.45, 7) is 0.124. The van der Waals surface area contributed by atoms with Crippen LogP contribution in [-0.2, 0) is 10.2 Å². The van der Waals surface area contributed by atoms with Crippen molar-refractivity contribution in [3.63, 3.8) is 0 Å². The normalized spacial score (nSPS) is 17.4. The van der Waals surface area contributed by atoms with E-state index in [0.29, 0.717) is 21.8 Å². The van der Waals surface area contributed by atoms with Crippen LogP contribution in [0.3, 0.4) is 0 Å². The Balaban J connectivity index is 1.58. The molecule has 1 amide bonds. The topological polar surface area (TPSA) is 78.8 Å². The predicted octanol–water partition coefficient (Wildman–Crippen LogP) is 5.56. The molecule has 0 aromatic heterocycles. The van der Waals surface area contributed by atoms with E-state index in [1.807, 2.05) is 24.3 Å². The lowest BCUT2D eigenvalue weighted by Gasteiger charge is -2.14. The van der Waals surface area contributed by atoms with Crippen molar-refractivity contribution < 1.29 is 24.1 Å². The Hall–Kier alpha value is -3.35. The van der Waals surface area contributed by atoms with Gasteiger partial charge in [0.15, 0.2) is 11.6 Å². The SMILES string of the molecule is COc1ccc(C(O)=C2C(=O)Nc3cc(Cl)c(-c4ccc(C5(CO)CC5)cc4)cc32)cc1F. The highest BCUT2D eigenvalue weighted by Crippen LogP contribution is 2.48. The van der Waals surface area contributed by atoms with Crippen LogP contribution in [0, 0.1) is 5.82 Å². The van der Waals surface area contributed by atoms with Gasteiger partial charge in [-0.05, 0) is 54.3 Å². The third-order valence-electron chi connectivity index (χ3n) is 6.48. The fourth-order valence-electron chi connectivity index (χ4n) is 4.30. The molecule has 0 saturated heterocycles. The molecule has 1 aliphatic heterocycles. The lowest BCUT2D eigenvalue weighted by Crippen LogP contribution is -2.11. The zero-order valence-corrected chi connectivity index (χ0v) is 18.5. The molecule has 33 heavy (non-hydrogen) atoms. The second-order valence-electron chi connectivity index (χ2n) is 8.42. The molecule has 0 atom stereocenters. The first-order chi connectivity index (χ1) is 15.9. The monoisotopic (exact) mass is 465 g/mol. The zero-order valence-electron chi connectivity index (χ0n) is 17.8. The highest BCUT2D eigenvalue weighted by Gasteiger charge is 2.43. The number of hydrogen-bond donors (Lipinski definition) is 3. The minimum Gasteiger partial charge on any atom is -0.506 e. The summed E-state index contributed by atoms with van der Waals surface area (Å²) in [6, 6.07) is 15.2. The van der Waals surface area contributed by atoms with E-state index < -0.39 is 11.7 Å². The van der Waals surface area contributed by atoms with Crippen molar-refractivity contribution in [1.82, 2.24) is 0 Å². The van der Waals surface area contributed by atoms with Gasteiger partial charge >= 0.3 is 0 Å². The van der Waals surface area contributed by atoms with Gasteiger partial charge in [-0.2, -0.15) is 0 Å². The molecule has 0 radical (unpaired) electrons. The van der Waals surface area contributed by atoms with E-state index >= 15 is 0 Å². The Bertz CT molecular complexity index is 1310. The van der Waals surface area contributed by atoms with Crippen molar-refractivity contribution in [3.05, 3.63) is 82.1 Å². The molecule has 3 N–H and O–H groups in total. The van der Waals surface area contributed by atoms with Crippen molar-refractivity contribution in [2.45, 2.75) is 18.3 Å². The lowest BCUT2D eigenvalue weighted by atomic mass is 9.93. The Morgan fingerprint density at radius 3 is 2.45 bits per heavy atom. The van der Waals surface area contributed by atoms with E-state index in [1.54, 1.807) is 12.1 Å². The van der Waals surface area contributed by atoms with E-state index in [2.05, 4.69) is 5.32 Å². The molecular formula is C26H21ClFNO4. The maximum Gasteiger partial charge on any atom is 0.260 e. The number of nitrogens with one attached hydrogen (secondary N) is 1. The van der Waals surface area contributed by atoms with Gasteiger partial charge in [-0.15, -0.1) is 0 Å². The summed E-state index contributed by atoms with van der Waals surface area (Å²) in [6.07, 6.45) is 1.94. The molecule has 3 aromatic carbocycles. The summed E-state index contributed by atoms with van der Waals surface area (Å²) in [5, 5.41) is 23.7.